The second-order valence-corrected chi connectivity index (χ2v) is 20.8. The lowest BCUT2D eigenvalue weighted by Crippen LogP contribution is -2.30. The molecule has 0 radical (unpaired) electrons. The van der Waals surface area contributed by atoms with Crippen molar-refractivity contribution in [2.45, 2.75) is 79.9 Å². The Kier molecular flexibility index (Phi) is 13.6. The number of benzene rings is 2. The van der Waals surface area contributed by atoms with Gasteiger partial charge in [-0.15, -0.1) is 0 Å². The minimum absolute atomic E-state index is 0.0254. The molecular weight excluding hydrogens is 816 g/mol. The number of unbranched alkanes of at least 4 members (excludes halogenated alkanes) is 1. The molecule has 0 saturated carbocycles. The molecule has 0 aliphatic carbocycles. The van der Waals surface area contributed by atoms with E-state index in [0.29, 0.717) is 59.6 Å². The lowest BCUT2D eigenvalue weighted by Gasteiger charge is -2.30. The average molecular weight is 862 g/mol. The summed E-state index contributed by atoms with van der Waals surface area (Å²) >= 11 is 0. The number of hydrogen-bond donors (Lipinski definition) is 4. The van der Waals surface area contributed by atoms with E-state index in [1.807, 2.05) is 30.2 Å². The molecule has 2 heterocycles. The highest BCUT2D eigenvalue weighted by atomic mass is 32.2. The van der Waals surface area contributed by atoms with E-state index in [0.717, 1.165) is 0 Å². The van der Waals surface area contributed by atoms with Crippen LogP contribution in [-0.2, 0) is 56.1 Å². The van der Waals surface area contributed by atoms with Crippen LogP contribution >= 0.6 is 9.24 Å². The molecule has 2 aliphatic heterocycles. The lowest BCUT2D eigenvalue weighted by molar-refractivity contribution is -0.437. The lowest BCUT2D eigenvalue weighted by atomic mass is 9.77. The van der Waals surface area contributed by atoms with E-state index in [4.69, 9.17) is 0 Å². The van der Waals surface area contributed by atoms with Gasteiger partial charge in [-0.2, -0.15) is 38.2 Å². The zero-order valence-electron chi connectivity index (χ0n) is 30.5. The summed E-state index contributed by atoms with van der Waals surface area (Å²) in [6.07, 6.45) is 10.6. The van der Waals surface area contributed by atoms with Gasteiger partial charge in [0.15, 0.2) is 5.71 Å². The van der Waals surface area contributed by atoms with Gasteiger partial charge < -0.3 is 4.90 Å². The minimum atomic E-state index is -4.58. The van der Waals surface area contributed by atoms with Crippen molar-refractivity contribution in [2.24, 2.45) is 0 Å². The fraction of sp³-hybridized carbons (Fsp3) is 0.429. The maximum Gasteiger partial charge on any atom is 0.294 e. The van der Waals surface area contributed by atoms with Crippen LogP contribution in [0.15, 0.2) is 82.3 Å². The molecule has 2 aromatic rings. The van der Waals surface area contributed by atoms with Gasteiger partial charge in [-0.05, 0) is 82.0 Å². The zero-order chi connectivity index (χ0) is 41.2. The molecule has 0 spiro atoms. The van der Waals surface area contributed by atoms with E-state index < -0.39 is 62.8 Å². The number of carbonyl (C=O) groups is 1. The SMILES string of the molecule is CC1(C)C(/C=C/C=C/C=C2/N(CCCS(=O)(=O)O)c3ccc(S(=O)(=O)O)cc3C2(C)CCCCC(=O)P)=[N+](CCCS(=O)(=O)O)c2ccc(S(=O)(=O)O)cc21. The van der Waals surface area contributed by atoms with Crippen LogP contribution < -0.4 is 4.90 Å². The molecule has 4 rings (SSSR count). The molecule has 0 saturated heterocycles. The molecule has 0 fully saturated rings. The van der Waals surface area contributed by atoms with Crippen LogP contribution in [0.2, 0.25) is 0 Å². The second kappa shape index (κ2) is 16.8. The van der Waals surface area contributed by atoms with E-state index in [1.54, 1.807) is 30.4 Å². The Labute approximate surface area is 325 Å². The zero-order valence-corrected chi connectivity index (χ0v) is 34.9. The number of anilines is 1. The molecule has 0 amide bonds. The van der Waals surface area contributed by atoms with Gasteiger partial charge in [-0.1, -0.05) is 33.9 Å². The summed E-state index contributed by atoms with van der Waals surface area (Å²) in [7, 11) is -15.5. The first-order valence-corrected chi connectivity index (χ1v) is 23.8. The predicted octanol–water partition coefficient (Wildman–Crippen LogP) is 4.85. The van der Waals surface area contributed by atoms with E-state index in [1.165, 1.54) is 36.4 Å². The molecule has 2 atom stereocenters. The highest BCUT2D eigenvalue weighted by Gasteiger charge is 2.45. The van der Waals surface area contributed by atoms with Crippen molar-refractivity contribution in [3.8, 4) is 0 Å². The van der Waals surface area contributed by atoms with Crippen molar-refractivity contribution in [3.63, 3.8) is 0 Å². The summed E-state index contributed by atoms with van der Waals surface area (Å²) in [6, 6.07) is 8.28. The van der Waals surface area contributed by atoms with Crippen LogP contribution in [0.1, 0.15) is 70.4 Å². The average Bonchev–Trinajstić information content (AvgIpc) is 3.40. The fourth-order valence-corrected chi connectivity index (χ4v) is 9.40. The Morgan fingerprint density at radius 1 is 0.764 bits per heavy atom. The molecule has 4 N–H and O–H groups in total. The Hall–Kier alpha value is -3.13. The summed E-state index contributed by atoms with van der Waals surface area (Å²) in [5.74, 6) is -1.03. The number of carbonyl (C=O) groups excluding carboxylic acids is 1. The summed E-state index contributed by atoms with van der Waals surface area (Å²) < 4.78 is 135. The second-order valence-electron chi connectivity index (χ2n) is 14.2. The molecule has 2 aliphatic rings. The Bertz CT molecular complexity index is 2420. The first-order valence-electron chi connectivity index (χ1n) is 17.2. The number of hydrogen-bond acceptors (Lipinski definition) is 10. The van der Waals surface area contributed by atoms with Gasteiger partial charge in [0.25, 0.3) is 40.5 Å². The Morgan fingerprint density at radius 3 is 1.93 bits per heavy atom. The summed E-state index contributed by atoms with van der Waals surface area (Å²) in [6.45, 7) is 5.84. The van der Waals surface area contributed by atoms with Crippen LogP contribution in [0, 0.1) is 0 Å². The van der Waals surface area contributed by atoms with Crippen LogP contribution in [0.4, 0.5) is 11.4 Å². The number of nitrogens with zero attached hydrogens (tertiary/aromatic N) is 2. The van der Waals surface area contributed by atoms with Gasteiger partial charge in [0.1, 0.15) is 12.1 Å². The van der Waals surface area contributed by atoms with Gasteiger partial charge in [-0.25, -0.2) is 0 Å². The van der Waals surface area contributed by atoms with Gasteiger partial charge in [0, 0.05) is 53.9 Å². The van der Waals surface area contributed by atoms with Crippen LogP contribution in [0.3, 0.4) is 0 Å². The van der Waals surface area contributed by atoms with Crippen molar-refractivity contribution in [1.29, 1.82) is 0 Å². The third-order valence-electron chi connectivity index (χ3n) is 9.82. The van der Waals surface area contributed by atoms with E-state index in [-0.39, 0.29) is 41.2 Å². The van der Waals surface area contributed by atoms with Crippen molar-refractivity contribution >= 4 is 72.3 Å². The molecule has 302 valence electrons. The molecule has 55 heavy (non-hydrogen) atoms. The molecular formula is C35H46N2O13PS4+. The third-order valence-corrected chi connectivity index (χ3v) is 13.4. The largest absolute Gasteiger partial charge is 0.344 e. The van der Waals surface area contributed by atoms with Crippen molar-refractivity contribution in [3.05, 3.63) is 83.6 Å². The number of allylic oxidation sites excluding steroid dienone is 6. The normalized spacial score (nSPS) is 19.6. The summed E-state index contributed by atoms with van der Waals surface area (Å²) in [5, 5.41) is 0. The van der Waals surface area contributed by atoms with Gasteiger partial charge >= 0.3 is 0 Å². The predicted molar refractivity (Wildman–Crippen MR) is 212 cm³/mol. The standard InChI is InChI=1S/C35H45N2O13PS4/c1-34(2)27-23-25(54(45,46)47)14-16-29(27)36(19-9-21-52(39,40)41)31(34)11-5-4-6-12-32-35(3,18-8-7-13-33(38)51)28-24-26(55(48,49)50)15-17-30(28)37(32)20-10-22-53(42,43)44/h4-6,11-12,14-17,23-24H,7-10,13,18-22,51H2,1-3H3,(H3-,39,40,41,42,43,44,45,46,47,48,49,50)/p+1. The van der Waals surface area contributed by atoms with Gasteiger partial charge in [0.05, 0.1) is 26.7 Å². The Balaban J connectivity index is 1.78. The highest BCUT2D eigenvalue weighted by Crippen LogP contribution is 2.51. The van der Waals surface area contributed by atoms with Crippen molar-refractivity contribution in [1.82, 2.24) is 0 Å². The van der Waals surface area contributed by atoms with Gasteiger partial charge in [-0.3, -0.25) is 23.0 Å². The molecule has 0 aromatic heterocycles. The van der Waals surface area contributed by atoms with E-state index in [9.17, 15) is 56.7 Å². The fourth-order valence-electron chi connectivity index (χ4n) is 7.20. The monoisotopic (exact) mass is 861 g/mol. The first-order chi connectivity index (χ1) is 25.3. The summed E-state index contributed by atoms with van der Waals surface area (Å²) in [5.41, 5.74) is 1.86. The number of fused-ring (bicyclic) bond motifs is 2. The maximum atomic E-state index is 12.2. The molecule has 15 nitrogen and oxygen atoms in total. The van der Waals surface area contributed by atoms with Crippen molar-refractivity contribution < 1.29 is 61.3 Å². The molecule has 2 aromatic carbocycles. The van der Waals surface area contributed by atoms with Gasteiger partial charge in [0.2, 0.25) is 5.69 Å². The summed E-state index contributed by atoms with van der Waals surface area (Å²) in [4.78, 5) is 12.9. The van der Waals surface area contributed by atoms with Crippen LogP contribution in [-0.4, -0.2) is 92.3 Å². The molecule has 20 heteroatoms. The first kappa shape index (κ1) is 44.6. The quantitative estimate of drug-likeness (QED) is 0.0516. The van der Waals surface area contributed by atoms with Crippen LogP contribution in [0.5, 0.6) is 0 Å². The van der Waals surface area contributed by atoms with Crippen LogP contribution in [0.25, 0.3) is 0 Å². The third kappa shape index (κ3) is 11.0. The van der Waals surface area contributed by atoms with Crippen molar-refractivity contribution in [2.75, 3.05) is 29.5 Å². The highest BCUT2D eigenvalue weighted by molar-refractivity contribution is 7.86. The number of rotatable bonds is 18. The Morgan fingerprint density at radius 2 is 1.35 bits per heavy atom. The smallest absolute Gasteiger partial charge is 0.294 e. The van der Waals surface area contributed by atoms with E-state index in [2.05, 4.69) is 9.24 Å². The maximum absolute atomic E-state index is 12.2. The minimum Gasteiger partial charge on any atom is -0.344 e. The molecule has 2 unspecified atom stereocenters. The van der Waals surface area contributed by atoms with E-state index >= 15 is 0 Å². The molecule has 0 bridgehead atoms. The topological polar surface area (TPSA) is 241 Å².